The summed E-state index contributed by atoms with van der Waals surface area (Å²) in [4.78, 5) is 8.47. The monoisotopic (exact) mass is 281 g/mol. The van der Waals surface area contributed by atoms with Gasteiger partial charge in [-0.15, -0.1) is 0 Å². The molecule has 3 rings (SSSR count). The zero-order valence-electron chi connectivity index (χ0n) is 12.4. The predicted molar refractivity (Wildman–Crippen MR) is 83.9 cm³/mol. The van der Waals surface area contributed by atoms with E-state index in [0.29, 0.717) is 5.78 Å². The van der Waals surface area contributed by atoms with Crippen LogP contribution in [-0.4, -0.2) is 19.6 Å². The van der Waals surface area contributed by atoms with Crippen LogP contribution >= 0.6 is 0 Å². The van der Waals surface area contributed by atoms with Crippen LogP contribution < -0.4 is 5.32 Å². The van der Waals surface area contributed by atoms with Gasteiger partial charge in [0.25, 0.3) is 5.78 Å². The van der Waals surface area contributed by atoms with Gasteiger partial charge in [-0.1, -0.05) is 25.5 Å². The number of fused-ring (bicyclic) bond motifs is 1. The van der Waals surface area contributed by atoms with Crippen LogP contribution in [0.25, 0.3) is 5.78 Å². The highest BCUT2D eigenvalue weighted by atomic mass is 15.3. The third-order valence-corrected chi connectivity index (χ3v) is 3.43. The molecule has 0 bridgehead atoms. The van der Waals surface area contributed by atoms with E-state index in [9.17, 15) is 0 Å². The molecule has 0 atom stereocenters. The van der Waals surface area contributed by atoms with Gasteiger partial charge in [-0.05, 0) is 37.5 Å². The first-order valence-electron chi connectivity index (χ1n) is 7.29. The Morgan fingerprint density at radius 2 is 2.00 bits per heavy atom. The molecule has 0 amide bonds. The van der Waals surface area contributed by atoms with Crippen LogP contribution in [0.3, 0.4) is 0 Å². The van der Waals surface area contributed by atoms with E-state index in [1.54, 1.807) is 4.52 Å². The molecule has 0 saturated carbocycles. The zero-order valence-corrected chi connectivity index (χ0v) is 12.4. The maximum absolute atomic E-state index is 4.34. The molecule has 108 valence electrons. The van der Waals surface area contributed by atoms with Crippen LogP contribution in [0, 0.1) is 6.92 Å². The van der Waals surface area contributed by atoms with E-state index in [1.807, 2.05) is 13.0 Å². The van der Waals surface area contributed by atoms with Gasteiger partial charge in [-0.3, -0.25) is 0 Å². The molecule has 5 heteroatoms. The maximum Gasteiger partial charge on any atom is 0.254 e. The van der Waals surface area contributed by atoms with E-state index in [1.165, 1.54) is 24.7 Å². The third kappa shape index (κ3) is 3.02. The number of hydrogen-bond acceptors (Lipinski definition) is 4. The first-order chi connectivity index (χ1) is 10.3. The minimum Gasteiger partial charge on any atom is -0.340 e. The molecule has 0 aliphatic heterocycles. The second-order valence-corrected chi connectivity index (χ2v) is 5.18. The number of anilines is 2. The van der Waals surface area contributed by atoms with E-state index < -0.39 is 0 Å². The molecule has 0 aliphatic carbocycles. The van der Waals surface area contributed by atoms with Crippen molar-refractivity contribution in [1.82, 2.24) is 19.6 Å². The fourth-order valence-electron chi connectivity index (χ4n) is 2.30. The minimum absolute atomic E-state index is 0.608. The quantitative estimate of drug-likeness (QED) is 0.777. The highest BCUT2D eigenvalue weighted by Gasteiger charge is 2.05. The van der Waals surface area contributed by atoms with Crippen LogP contribution in [-0.2, 0) is 6.42 Å². The van der Waals surface area contributed by atoms with Gasteiger partial charge < -0.3 is 5.32 Å². The third-order valence-electron chi connectivity index (χ3n) is 3.43. The minimum atomic E-state index is 0.608. The van der Waals surface area contributed by atoms with Crippen LogP contribution in [0.2, 0.25) is 0 Å². The van der Waals surface area contributed by atoms with Crippen LogP contribution in [0.4, 0.5) is 11.5 Å². The van der Waals surface area contributed by atoms with Gasteiger partial charge in [0.15, 0.2) is 0 Å². The zero-order chi connectivity index (χ0) is 14.7. The summed E-state index contributed by atoms with van der Waals surface area (Å²) in [6, 6.07) is 10.5. The fourth-order valence-corrected chi connectivity index (χ4v) is 2.30. The summed E-state index contributed by atoms with van der Waals surface area (Å²) < 4.78 is 1.71. The standard InChI is InChI=1S/C16H19N5/c1-3-4-5-13-6-8-14(9-7-13)20-15-10-12(2)19-16-17-11-18-21(15)16/h6-11,20H,3-5H2,1-2H3. The first-order valence-corrected chi connectivity index (χ1v) is 7.29. The summed E-state index contributed by atoms with van der Waals surface area (Å²) in [6.45, 7) is 4.17. The highest BCUT2D eigenvalue weighted by Crippen LogP contribution is 2.18. The predicted octanol–water partition coefficient (Wildman–Crippen LogP) is 3.52. The molecule has 2 aromatic heterocycles. The molecule has 1 N–H and O–H groups in total. The molecule has 0 radical (unpaired) electrons. The second kappa shape index (κ2) is 5.91. The molecule has 2 heterocycles. The van der Waals surface area contributed by atoms with E-state index in [0.717, 1.165) is 23.6 Å². The Kier molecular flexibility index (Phi) is 3.81. The normalized spacial score (nSPS) is 11.0. The van der Waals surface area contributed by atoms with Crippen molar-refractivity contribution < 1.29 is 0 Å². The van der Waals surface area contributed by atoms with Crippen LogP contribution in [0.5, 0.6) is 0 Å². The van der Waals surface area contributed by atoms with Crippen molar-refractivity contribution in [2.75, 3.05) is 5.32 Å². The number of hydrogen-bond donors (Lipinski definition) is 1. The molecule has 0 saturated heterocycles. The highest BCUT2D eigenvalue weighted by molar-refractivity contribution is 5.58. The van der Waals surface area contributed by atoms with Crippen molar-refractivity contribution >= 4 is 17.3 Å². The van der Waals surface area contributed by atoms with Crippen molar-refractivity contribution in [2.24, 2.45) is 0 Å². The molecule has 0 aliphatic rings. The molecule has 3 aromatic rings. The molecule has 0 fully saturated rings. The summed E-state index contributed by atoms with van der Waals surface area (Å²) in [5, 5.41) is 7.57. The van der Waals surface area contributed by atoms with Gasteiger partial charge in [-0.25, -0.2) is 4.98 Å². The molecule has 0 unspecified atom stereocenters. The van der Waals surface area contributed by atoms with Crippen molar-refractivity contribution in [3.63, 3.8) is 0 Å². The summed E-state index contributed by atoms with van der Waals surface area (Å²) in [5.74, 6) is 1.48. The van der Waals surface area contributed by atoms with Gasteiger partial charge in [0.05, 0.1) is 0 Å². The van der Waals surface area contributed by atoms with E-state index in [-0.39, 0.29) is 0 Å². The Bertz CT molecular complexity index is 730. The van der Waals surface area contributed by atoms with Crippen molar-refractivity contribution in [1.29, 1.82) is 0 Å². The number of aryl methyl sites for hydroxylation is 2. The lowest BCUT2D eigenvalue weighted by Crippen LogP contribution is -2.02. The average Bonchev–Trinajstić information content (AvgIpc) is 2.95. The molecular weight excluding hydrogens is 262 g/mol. The lowest BCUT2D eigenvalue weighted by molar-refractivity contribution is 0.795. The molecule has 0 spiro atoms. The largest absolute Gasteiger partial charge is 0.340 e. The Morgan fingerprint density at radius 3 is 2.76 bits per heavy atom. The van der Waals surface area contributed by atoms with Crippen molar-refractivity contribution in [3.8, 4) is 0 Å². The maximum atomic E-state index is 4.34. The molecule has 1 aromatic carbocycles. The van der Waals surface area contributed by atoms with Gasteiger partial charge >= 0.3 is 0 Å². The number of unbranched alkanes of at least 4 members (excludes halogenated alkanes) is 1. The smallest absolute Gasteiger partial charge is 0.254 e. The number of aromatic nitrogens is 4. The molecular formula is C16H19N5. The van der Waals surface area contributed by atoms with E-state index in [4.69, 9.17) is 0 Å². The SMILES string of the molecule is CCCCc1ccc(Nc2cc(C)nc3ncnn23)cc1. The Balaban J connectivity index is 1.83. The number of nitrogens with zero attached hydrogens (tertiary/aromatic N) is 4. The van der Waals surface area contributed by atoms with Crippen LogP contribution in [0.15, 0.2) is 36.7 Å². The first kappa shape index (κ1) is 13.5. The molecule has 5 nitrogen and oxygen atoms in total. The van der Waals surface area contributed by atoms with Crippen molar-refractivity contribution in [3.05, 3.63) is 47.9 Å². The Labute approximate surface area is 124 Å². The van der Waals surface area contributed by atoms with Gasteiger partial charge in [0, 0.05) is 17.4 Å². The summed E-state index contributed by atoms with van der Waals surface area (Å²) in [6.07, 6.45) is 5.11. The lowest BCUT2D eigenvalue weighted by atomic mass is 10.1. The topological polar surface area (TPSA) is 55.1 Å². The molecule has 21 heavy (non-hydrogen) atoms. The summed E-state index contributed by atoms with van der Waals surface area (Å²) >= 11 is 0. The number of rotatable bonds is 5. The Hall–Kier alpha value is -2.43. The fraction of sp³-hybridized carbons (Fsp3) is 0.312. The van der Waals surface area contributed by atoms with Gasteiger partial charge in [0.1, 0.15) is 12.1 Å². The average molecular weight is 281 g/mol. The van der Waals surface area contributed by atoms with E-state index >= 15 is 0 Å². The number of benzene rings is 1. The Morgan fingerprint density at radius 1 is 1.19 bits per heavy atom. The summed E-state index contributed by atoms with van der Waals surface area (Å²) in [7, 11) is 0. The second-order valence-electron chi connectivity index (χ2n) is 5.18. The lowest BCUT2D eigenvalue weighted by Gasteiger charge is -2.09. The van der Waals surface area contributed by atoms with Gasteiger partial charge in [-0.2, -0.15) is 14.6 Å². The van der Waals surface area contributed by atoms with E-state index in [2.05, 4.69) is 51.6 Å². The van der Waals surface area contributed by atoms with Crippen LogP contribution in [0.1, 0.15) is 31.0 Å². The number of nitrogens with one attached hydrogen (secondary N) is 1. The van der Waals surface area contributed by atoms with Crippen molar-refractivity contribution in [2.45, 2.75) is 33.1 Å². The summed E-state index contributed by atoms with van der Waals surface area (Å²) in [5.41, 5.74) is 3.33. The van der Waals surface area contributed by atoms with Gasteiger partial charge in [0.2, 0.25) is 0 Å².